The van der Waals surface area contributed by atoms with Gasteiger partial charge < -0.3 is 20.4 Å². The van der Waals surface area contributed by atoms with E-state index in [-0.39, 0.29) is 30.3 Å². The van der Waals surface area contributed by atoms with Crippen LogP contribution in [0.25, 0.3) is 0 Å². The maximum atomic E-state index is 13.0. The molecule has 0 bridgehead atoms. The summed E-state index contributed by atoms with van der Waals surface area (Å²) >= 11 is 0. The predicted octanol–water partition coefficient (Wildman–Crippen LogP) is 3.20. The number of urea groups is 1. The van der Waals surface area contributed by atoms with Crippen molar-refractivity contribution in [1.29, 1.82) is 0 Å². The van der Waals surface area contributed by atoms with E-state index in [0.717, 1.165) is 56.9 Å². The number of carbonyl (C=O) groups excluding carboxylic acids is 2. The average Bonchev–Trinajstić information content (AvgIpc) is 2.73. The van der Waals surface area contributed by atoms with Gasteiger partial charge in [-0.15, -0.1) is 12.4 Å². The largest absolute Gasteiger partial charge is 0.342 e. The van der Waals surface area contributed by atoms with Crippen LogP contribution in [0.3, 0.4) is 0 Å². The number of benzene rings is 1. The molecule has 3 rings (SSSR count). The molecule has 0 saturated carbocycles. The van der Waals surface area contributed by atoms with Crippen LogP contribution >= 0.6 is 12.4 Å². The zero-order chi connectivity index (χ0) is 19.1. The lowest BCUT2D eigenvalue weighted by Crippen LogP contribution is -2.49. The third-order valence-corrected chi connectivity index (χ3v) is 5.81. The van der Waals surface area contributed by atoms with Crippen molar-refractivity contribution in [2.24, 2.45) is 11.8 Å². The topological polar surface area (TPSA) is 64.7 Å². The second kappa shape index (κ2) is 11.3. The number of hydrogen-bond acceptors (Lipinski definition) is 3. The molecule has 2 saturated heterocycles. The highest BCUT2D eigenvalue weighted by Crippen LogP contribution is 2.25. The Balaban J connectivity index is 0.00000280. The van der Waals surface area contributed by atoms with E-state index in [9.17, 15) is 9.59 Å². The molecule has 2 heterocycles. The smallest absolute Gasteiger partial charge is 0.321 e. The van der Waals surface area contributed by atoms with Gasteiger partial charge in [-0.1, -0.05) is 18.2 Å². The van der Waals surface area contributed by atoms with Gasteiger partial charge in [-0.05, 0) is 63.7 Å². The minimum atomic E-state index is -0.107. The molecule has 1 aromatic carbocycles. The van der Waals surface area contributed by atoms with Crippen LogP contribution in [0.15, 0.2) is 30.3 Å². The molecule has 0 radical (unpaired) electrons. The van der Waals surface area contributed by atoms with Gasteiger partial charge in [0.15, 0.2) is 0 Å². The number of amides is 3. The number of rotatable bonds is 5. The summed E-state index contributed by atoms with van der Waals surface area (Å²) in [4.78, 5) is 29.3. The molecule has 156 valence electrons. The lowest BCUT2D eigenvalue weighted by molar-refractivity contribution is -0.138. The van der Waals surface area contributed by atoms with Gasteiger partial charge in [-0.3, -0.25) is 4.79 Å². The number of nitrogens with zero attached hydrogens (tertiary/aromatic N) is 2. The SMILES string of the molecule is CNCCC1CCN(C(=O)C2CCCN(C(=O)Nc3ccccc3)C2)CC1.Cl. The Morgan fingerprint density at radius 1 is 1.04 bits per heavy atom. The Labute approximate surface area is 174 Å². The maximum absolute atomic E-state index is 13.0. The van der Waals surface area contributed by atoms with E-state index < -0.39 is 0 Å². The monoisotopic (exact) mass is 408 g/mol. The molecular weight excluding hydrogens is 376 g/mol. The van der Waals surface area contributed by atoms with Crippen LogP contribution in [0.4, 0.5) is 10.5 Å². The Morgan fingerprint density at radius 2 is 1.75 bits per heavy atom. The lowest BCUT2D eigenvalue weighted by atomic mass is 9.91. The summed E-state index contributed by atoms with van der Waals surface area (Å²) in [5, 5.41) is 6.14. The zero-order valence-corrected chi connectivity index (χ0v) is 17.5. The van der Waals surface area contributed by atoms with Crippen LogP contribution in [0.1, 0.15) is 32.1 Å². The van der Waals surface area contributed by atoms with Crippen LogP contribution in [0.2, 0.25) is 0 Å². The lowest BCUT2D eigenvalue weighted by Gasteiger charge is -2.37. The fourth-order valence-electron chi connectivity index (χ4n) is 4.14. The van der Waals surface area contributed by atoms with E-state index in [1.165, 1.54) is 6.42 Å². The number of anilines is 1. The molecule has 2 N–H and O–H groups in total. The van der Waals surface area contributed by atoms with E-state index in [0.29, 0.717) is 13.1 Å². The molecule has 2 fully saturated rings. The number of carbonyl (C=O) groups is 2. The molecule has 2 aliphatic rings. The Bertz CT molecular complexity index is 620. The van der Waals surface area contributed by atoms with Crippen molar-refractivity contribution in [3.8, 4) is 0 Å². The van der Waals surface area contributed by atoms with Gasteiger partial charge in [-0.2, -0.15) is 0 Å². The molecule has 0 spiro atoms. The number of hydrogen-bond donors (Lipinski definition) is 2. The van der Waals surface area contributed by atoms with Gasteiger partial charge in [0, 0.05) is 31.9 Å². The molecule has 3 amide bonds. The summed E-state index contributed by atoms with van der Waals surface area (Å²) in [6, 6.07) is 9.37. The van der Waals surface area contributed by atoms with E-state index in [2.05, 4.69) is 10.6 Å². The van der Waals surface area contributed by atoms with Crippen molar-refractivity contribution >= 4 is 30.0 Å². The summed E-state index contributed by atoms with van der Waals surface area (Å²) in [5.41, 5.74) is 0.791. The van der Waals surface area contributed by atoms with Gasteiger partial charge in [0.1, 0.15) is 0 Å². The summed E-state index contributed by atoms with van der Waals surface area (Å²) in [6.07, 6.45) is 5.15. The van der Waals surface area contributed by atoms with Crippen molar-refractivity contribution < 1.29 is 9.59 Å². The van der Waals surface area contributed by atoms with Gasteiger partial charge in [0.25, 0.3) is 0 Å². The number of para-hydroxylation sites is 1. The summed E-state index contributed by atoms with van der Waals surface area (Å²) in [7, 11) is 1.99. The van der Waals surface area contributed by atoms with Crippen LogP contribution in [0, 0.1) is 11.8 Å². The molecule has 6 nitrogen and oxygen atoms in total. The molecular formula is C21H33ClN4O2. The number of nitrogens with one attached hydrogen (secondary N) is 2. The van der Waals surface area contributed by atoms with E-state index in [1.54, 1.807) is 4.90 Å². The van der Waals surface area contributed by atoms with Crippen molar-refractivity contribution in [2.75, 3.05) is 45.1 Å². The minimum absolute atomic E-state index is 0. The van der Waals surface area contributed by atoms with Crippen LogP contribution in [0.5, 0.6) is 0 Å². The Kier molecular flexibility index (Phi) is 9.06. The highest BCUT2D eigenvalue weighted by Gasteiger charge is 2.32. The maximum Gasteiger partial charge on any atom is 0.321 e. The van der Waals surface area contributed by atoms with E-state index >= 15 is 0 Å². The third-order valence-electron chi connectivity index (χ3n) is 5.81. The first kappa shape index (κ1) is 22.5. The van der Waals surface area contributed by atoms with Gasteiger partial charge in [-0.25, -0.2) is 4.79 Å². The number of likely N-dealkylation sites (tertiary alicyclic amines) is 2. The van der Waals surface area contributed by atoms with Crippen molar-refractivity contribution in [1.82, 2.24) is 15.1 Å². The van der Waals surface area contributed by atoms with Crippen molar-refractivity contribution in [3.63, 3.8) is 0 Å². The predicted molar refractivity (Wildman–Crippen MR) is 115 cm³/mol. The molecule has 28 heavy (non-hydrogen) atoms. The van der Waals surface area contributed by atoms with Crippen LogP contribution in [-0.4, -0.2) is 61.5 Å². The fraction of sp³-hybridized carbons (Fsp3) is 0.619. The minimum Gasteiger partial charge on any atom is -0.342 e. The highest BCUT2D eigenvalue weighted by atomic mass is 35.5. The Hall–Kier alpha value is -1.79. The number of piperidine rings is 2. The molecule has 0 aromatic heterocycles. The molecule has 7 heteroatoms. The zero-order valence-electron chi connectivity index (χ0n) is 16.7. The average molecular weight is 409 g/mol. The molecule has 0 aliphatic carbocycles. The molecule has 1 unspecified atom stereocenters. The summed E-state index contributed by atoms with van der Waals surface area (Å²) < 4.78 is 0. The first-order chi connectivity index (χ1) is 13.2. The van der Waals surface area contributed by atoms with Crippen LogP contribution in [-0.2, 0) is 4.79 Å². The van der Waals surface area contributed by atoms with E-state index in [1.807, 2.05) is 42.3 Å². The standard InChI is InChI=1S/C21H32N4O2.ClH/c1-22-12-9-17-10-14-24(15-11-17)20(26)18-6-5-13-25(16-18)21(27)23-19-7-3-2-4-8-19;/h2-4,7-8,17-18,22H,5-6,9-16H2,1H3,(H,23,27);1H. The molecule has 1 atom stereocenters. The normalized spacial score (nSPS) is 20.4. The summed E-state index contributed by atoms with van der Waals surface area (Å²) in [5.74, 6) is 0.898. The van der Waals surface area contributed by atoms with Crippen molar-refractivity contribution in [3.05, 3.63) is 30.3 Å². The quantitative estimate of drug-likeness (QED) is 0.786. The third kappa shape index (κ3) is 6.11. The Morgan fingerprint density at radius 3 is 2.43 bits per heavy atom. The summed E-state index contributed by atoms with van der Waals surface area (Å²) in [6.45, 7) is 4.01. The number of halogens is 1. The van der Waals surface area contributed by atoms with Gasteiger partial charge in [0.05, 0.1) is 5.92 Å². The fourth-order valence-corrected chi connectivity index (χ4v) is 4.14. The first-order valence-corrected chi connectivity index (χ1v) is 10.2. The molecule has 1 aromatic rings. The second-order valence-electron chi connectivity index (χ2n) is 7.74. The van der Waals surface area contributed by atoms with Gasteiger partial charge in [0.2, 0.25) is 5.91 Å². The van der Waals surface area contributed by atoms with Crippen LogP contribution < -0.4 is 10.6 Å². The van der Waals surface area contributed by atoms with E-state index in [4.69, 9.17) is 0 Å². The first-order valence-electron chi connectivity index (χ1n) is 10.2. The van der Waals surface area contributed by atoms with Crippen molar-refractivity contribution in [2.45, 2.75) is 32.1 Å². The molecule has 2 aliphatic heterocycles. The highest BCUT2D eigenvalue weighted by molar-refractivity contribution is 5.90. The second-order valence-corrected chi connectivity index (χ2v) is 7.74. The van der Waals surface area contributed by atoms with Gasteiger partial charge >= 0.3 is 6.03 Å².